The fraction of sp³-hybridized carbons (Fsp3) is 0.857. The molecule has 1 N–H and O–H groups in total. The van der Waals surface area contributed by atoms with Gasteiger partial charge in [0.1, 0.15) is 0 Å². The van der Waals surface area contributed by atoms with Crippen LogP contribution in [0, 0.1) is 23.2 Å². The molecule has 0 spiro atoms. The first-order valence-corrected chi connectivity index (χ1v) is 6.92. The first-order valence-electron chi connectivity index (χ1n) is 6.92. The third-order valence-corrected chi connectivity index (χ3v) is 3.78. The minimum atomic E-state index is 0.0302. The largest absolute Gasteiger partial charge is 0.352 e. The van der Waals surface area contributed by atoms with Gasteiger partial charge in [-0.1, -0.05) is 26.7 Å². The Morgan fingerprint density at radius 2 is 2.24 bits per heavy atom. The van der Waals surface area contributed by atoms with E-state index in [0.29, 0.717) is 0 Å². The number of nitriles is 1. The molecule has 0 bridgehead atoms. The van der Waals surface area contributed by atoms with E-state index >= 15 is 0 Å². The van der Waals surface area contributed by atoms with Crippen molar-refractivity contribution in [2.24, 2.45) is 11.8 Å². The Hall–Kier alpha value is -1.04. The van der Waals surface area contributed by atoms with E-state index in [4.69, 9.17) is 5.26 Å². The zero-order valence-electron chi connectivity index (χ0n) is 11.0. The lowest BCUT2D eigenvalue weighted by atomic mass is 9.97. The van der Waals surface area contributed by atoms with Crippen LogP contribution in [0.1, 0.15) is 58.8 Å². The highest BCUT2D eigenvalue weighted by atomic mass is 16.1. The van der Waals surface area contributed by atoms with Crippen LogP contribution in [0.5, 0.6) is 0 Å². The van der Waals surface area contributed by atoms with Gasteiger partial charge in [0.25, 0.3) is 0 Å². The molecule has 1 rings (SSSR count). The van der Waals surface area contributed by atoms with E-state index in [2.05, 4.69) is 25.2 Å². The second-order valence-electron chi connectivity index (χ2n) is 5.03. The SMILES string of the molecule is CCCCC(CC)C(=O)NC1CCCC1C#N. The maximum atomic E-state index is 12.1. The van der Waals surface area contributed by atoms with E-state index in [1.807, 2.05) is 0 Å². The number of nitrogens with zero attached hydrogens (tertiary/aromatic N) is 1. The van der Waals surface area contributed by atoms with E-state index in [-0.39, 0.29) is 23.8 Å². The van der Waals surface area contributed by atoms with Gasteiger partial charge in [0.05, 0.1) is 12.0 Å². The fourth-order valence-electron chi connectivity index (χ4n) is 2.56. The Kier molecular flexibility index (Phi) is 6.04. The molecule has 0 aromatic heterocycles. The molecule has 0 radical (unpaired) electrons. The van der Waals surface area contributed by atoms with Gasteiger partial charge in [-0.3, -0.25) is 4.79 Å². The van der Waals surface area contributed by atoms with Crippen molar-refractivity contribution < 1.29 is 4.79 Å². The van der Waals surface area contributed by atoms with Crippen LogP contribution in [0.4, 0.5) is 0 Å². The number of unbranched alkanes of at least 4 members (excludes halogenated alkanes) is 1. The van der Waals surface area contributed by atoms with Crippen LogP contribution in [0.3, 0.4) is 0 Å². The number of hydrogen-bond donors (Lipinski definition) is 1. The van der Waals surface area contributed by atoms with Gasteiger partial charge in [-0.05, 0) is 32.1 Å². The third kappa shape index (κ3) is 4.03. The van der Waals surface area contributed by atoms with E-state index in [9.17, 15) is 4.79 Å². The molecule has 1 amide bonds. The standard InChI is InChI=1S/C14H24N2O/c1-3-5-7-11(4-2)14(17)16-13-9-6-8-12(13)10-15/h11-13H,3-9H2,1-2H3,(H,16,17). The summed E-state index contributed by atoms with van der Waals surface area (Å²) >= 11 is 0. The minimum absolute atomic E-state index is 0.0302. The van der Waals surface area contributed by atoms with Crippen LogP contribution in [-0.2, 0) is 4.79 Å². The average molecular weight is 236 g/mol. The number of carbonyl (C=O) groups excluding carboxylic acids is 1. The van der Waals surface area contributed by atoms with Gasteiger partial charge in [-0.25, -0.2) is 0 Å². The summed E-state index contributed by atoms with van der Waals surface area (Å²) in [6, 6.07) is 2.40. The molecule has 0 aliphatic heterocycles. The summed E-state index contributed by atoms with van der Waals surface area (Å²) in [4.78, 5) is 12.1. The second-order valence-corrected chi connectivity index (χ2v) is 5.03. The maximum absolute atomic E-state index is 12.1. The predicted octanol–water partition coefficient (Wildman–Crippen LogP) is 3.01. The third-order valence-electron chi connectivity index (χ3n) is 3.78. The predicted molar refractivity (Wildman–Crippen MR) is 68.2 cm³/mol. The Bertz CT molecular complexity index is 282. The molecule has 3 atom stereocenters. The van der Waals surface area contributed by atoms with Crippen molar-refractivity contribution in [3.05, 3.63) is 0 Å². The van der Waals surface area contributed by atoms with Gasteiger partial charge < -0.3 is 5.32 Å². The zero-order chi connectivity index (χ0) is 12.7. The molecule has 17 heavy (non-hydrogen) atoms. The van der Waals surface area contributed by atoms with Crippen molar-refractivity contribution in [1.82, 2.24) is 5.32 Å². The van der Waals surface area contributed by atoms with Crippen LogP contribution in [-0.4, -0.2) is 11.9 Å². The number of amides is 1. The van der Waals surface area contributed by atoms with Gasteiger partial charge in [-0.15, -0.1) is 0 Å². The lowest BCUT2D eigenvalue weighted by Gasteiger charge is -2.20. The van der Waals surface area contributed by atoms with Crippen LogP contribution in [0.25, 0.3) is 0 Å². The summed E-state index contributed by atoms with van der Waals surface area (Å²) in [7, 11) is 0. The van der Waals surface area contributed by atoms with Gasteiger partial charge in [0.2, 0.25) is 5.91 Å². The Morgan fingerprint density at radius 1 is 1.47 bits per heavy atom. The molecular weight excluding hydrogens is 212 g/mol. The Balaban J connectivity index is 2.43. The lowest BCUT2D eigenvalue weighted by molar-refractivity contribution is -0.126. The van der Waals surface area contributed by atoms with E-state index in [1.165, 1.54) is 0 Å². The van der Waals surface area contributed by atoms with E-state index in [1.54, 1.807) is 0 Å². The molecule has 3 nitrogen and oxygen atoms in total. The molecule has 0 aromatic rings. The summed E-state index contributed by atoms with van der Waals surface area (Å²) in [5.74, 6) is 0.325. The second kappa shape index (κ2) is 7.32. The highest BCUT2D eigenvalue weighted by Gasteiger charge is 2.29. The highest BCUT2D eigenvalue weighted by molar-refractivity contribution is 5.79. The van der Waals surface area contributed by atoms with Crippen molar-refractivity contribution in [3.8, 4) is 6.07 Å². The molecule has 3 unspecified atom stereocenters. The van der Waals surface area contributed by atoms with Crippen LogP contribution < -0.4 is 5.32 Å². The topological polar surface area (TPSA) is 52.9 Å². The normalized spacial score (nSPS) is 25.2. The first-order chi connectivity index (χ1) is 8.22. The molecule has 1 aliphatic rings. The monoisotopic (exact) mass is 236 g/mol. The zero-order valence-corrected chi connectivity index (χ0v) is 11.0. The van der Waals surface area contributed by atoms with Crippen LogP contribution >= 0.6 is 0 Å². The molecule has 0 aromatic carbocycles. The molecule has 96 valence electrons. The maximum Gasteiger partial charge on any atom is 0.223 e. The Labute approximate surface area is 105 Å². The quantitative estimate of drug-likeness (QED) is 0.770. The fourth-order valence-corrected chi connectivity index (χ4v) is 2.56. The van der Waals surface area contributed by atoms with Crippen molar-refractivity contribution in [2.75, 3.05) is 0 Å². The average Bonchev–Trinajstić information content (AvgIpc) is 2.77. The summed E-state index contributed by atoms with van der Waals surface area (Å²) in [5.41, 5.74) is 0. The van der Waals surface area contributed by atoms with Crippen molar-refractivity contribution in [2.45, 2.75) is 64.8 Å². The molecule has 0 heterocycles. The molecule has 1 saturated carbocycles. The summed E-state index contributed by atoms with van der Waals surface area (Å²) in [6.07, 6.45) is 7.08. The molecule has 1 aliphatic carbocycles. The van der Waals surface area contributed by atoms with Gasteiger partial charge in [0.15, 0.2) is 0 Å². The first kappa shape index (κ1) is 14.0. The highest BCUT2D eigenvalue weighted by Crippen LogP contribution is 2.25. The summed E-state index contributed by atoms with van der Waals surface area (Å²) < 4.78 is 0. The van der Waals surface area contributed by atoms with Crippen molar-refractivity contribution >= 4 is 5.91 Å². The lowest BCUT2D eigenvalue weighted by Crippen LogP contribution is -2.40. The summed E-state index contributed by atoms with van der Waals surface area (Å²) in [6.45, 7) is 4.21. The molecule has 0 saturated heterocycles. The Morgan fingerprint density at radius 3 is 2.82 bits per heavy atom. The van der Waals surface area contributed by atoms with E-state index in [0.717, 1.165) is 44.9 Å². The van der Waals surface area contributed by atoms with Crippen molar-refractivity contribution in [1.29, 1.82) is 5.26 Å². The van der Waals surface area contributed by atoms with Gasteiger partial charge >= 0.3 is 0 Å². The minimum Gasteiger partial charge on any atom is -0.352 e. The number of carbonyl (C=O) groups is 1. The van der Waals surface area contributed by atoms with Gasteiger partial charge in [0, 0.05) is 12.0 Å². The van der Waals surface area contributed by atoms with Gasteiger partial charge in [-0.2, -0.15) is 5.26 Å². The van der Waals surface area contributed by atoms with Crippen LogP contribution in [0.15, 0.2) is 0 Å². The molecule has 3 heteroatoms. The number of nitrogens with one attached hydrogen (secondary N) is 1. The van der Waals surface area contributed by atoms with E-state index < -0.39 is 0 Å². The summed E-state index contributed by atoms with van der Waals surface area (Å²) in [5, 5.41) is 12.1. The van der Waals surface area contributed by atoms with Crippen molar-refractivity contribution in [3.63, 3.8) is 0 Å². The molecule has 1 fully saturated rings. The number of rotatable bonds is 6. The molecular formula is C14H24N2O. The van der Waals surface area contributed by atoms with Crippen LogP contribution in [0.2, 0.25) is 0 Å². The smallest absolute Gasteiger partial charge is 0.223 e. The number of hydrogen-bond acceptors (Lipinski definition) is 2.